The molecule has 3 N–H and O–H groups in total. The molecule has 1 saturated carbocycles. The van der Waals surface area contributed by atoms with Gasteiger partial charge in [-0.2, -0.15) is 0 Å². The van der Waals surface area contributed by atoms with E-state index in [1.807, 2.05) is 0 Å². The van der Waals surface area contributed by atoms with E-state index in [1.54, 1.807) is 7.05 Å². The number of nitrogens with two attached hydrogens (primary N) is 1. The Hall–Kier alpha value is -0.730. The topological polar surface area (TPSA) is 50.4 Å². The van der Waals surface area contributed by atoms with Crippen molar-refractivity contribution in [2.75, 3.05) is 13.6 Å². The lowest BCUT2D eigenvalue weighted by Crippen LogP contribution is -2.32. The van der Waals surface area contributed by atoms with Crippen LogP contribution < -0.4 is 11.1 Å². The fraction of sp³-hybridized carbons (Fsp3) is 0.857. The number of hydrogen-bond donors (Lipinski definition) is 2. The van der Waals surface area contributed by atoms with Crippen LogP contribution in [0.4, 0.5) is 0 Å². The lowest BCUT2D eigenvalue weighted by Gasteiger charge is -2.01. The van der Waals surface area contributed by atoms with Gasteiger partial charge >= 0.3 is 0 Å². The first-order valence-electron chi connectivity index (χ1n) is 3.79. The van der Waals surface area contributed by atoms with Crippen molar-refractivity contribution in [2.45, 2.75) is 19.3 Å². The molecule has 3 heteroatoms. The third-order valence-corrected chi connectivity index (χ3v) is 1.80. The largest absolute Gasteiger partial charge is 0.370 e. The van der Waals surface area contributed by atoms with Gasteiger partial charge in [0, 0.05) is 13.6 Å². The predicted molar refractivity (Wildman–Crippen MR) is 42.9 cm³/mol. The summed E-state index contributed by atoms with van der Waals surface area (Å²) in [5.41, 5.74) is 5.42. The third kappa shape index (κ3) is 2.71. The van der Waals surface area contributed by atoms with E-state index in [0.29, 0.717) is 5.96 Å². The molecular formula is C7H15N3. The molecule has 0 radical (unpaired) electrons. The molecule has 1 aliphatic carbocycles. The minimum absolute atomic E-state index is 0.556. The van der Waals surface area contributed by atoms with Gasteiger partial charge in [0.1, 0.15) is 0 Å². The lowest BCUT2D eigenvalue weighted by molar-refractivity contribution is 0.697. The second-order valence-corrected chi connectivity index (χ2v) is 2.77. The molecule has 0 unspecified atom stereocenters. The van der Waals surface area contributed by atoms with Crippen molar-refractivity contribution in [3.63, 3.8) is 0 Å². The number of rotatable bonds is 3. The molecule has 1 rings (SSSR count). The Morgan fingerprint density at radius 2 is 2.40 bits per heavy atom. The molecular weight excluding hydrogens is 126 g/mol. The summed E-state index contributed by atoms with van der Waals surface area (Å²) in [6.45, 7) is 0.980. The van der Waals surface area contributed by atoms with Crippen molar-refractivity contribution in [3.8, 4) is 0 Å². The van der Waals surface area contributed by atoms with Crippen LogP contribution in [-0.2, 0) is 0 Å². The highest BCUT2D eigenvalue weighted by atomic mass is 15.1. The van der Waals surface area contributed by atoms with Gasteiger partial charge in [-0.15, -0.1) is 0 Å². The van der Waals surface area contributed by atoms with E-state index in [4.69, 9.17) is 5.73 Å². The maximum Gasteiger partial charge on any atom is 0.188 e. The van der Waals surface area contributed by atoms with Gasteiger partial charge in [0.25, 0.3) is 0 Å². The molecule has 0 aromatic heterocycles. The number of aliphatic imine (C=N–C) groups is 1. The Balaban J connectivity index is 1.93. The zero-order chi connectivity index (χ0) is 7.40. The molecule has 0 amide bonds. The average molecular weight is 141 g/mol. The van der Waals surface area contributed by atoms with Crippen LogP contribution in [-0.4, -0.2) is 19.6 Å². The zero-order valence-corrected chi connectivity index (χ0v) is 6.43. The van der Waals surface area contributed by atoms with Crippen molar-refractivity contribution >= 4 is 5.96 Å². The van der Waals surface area contributed by atoms with Crippen LogP contribution in [0.2, 0.25) is 0 Å². The first kappa shape index (κ1) is 7.38. The standard InChI is InChI=1S/C7H15N3/c1-9-7(8)10-5-4-6-2-3-6/h6H,2-5H2,1H3,(H3,8,9,10). The summed E-state index contributed by atoms with van der Waals surface area (Å²) in [5.74, 6) is 1.53. The summed E-state index contributed by atoms with van der Waals surface area (Å²) in [5, 5.41) is 3.03. The second kappa shape index (κ2) is 3.44. The monoisotopic (exact) mass is 141 g/mol. The van der Waals surface area contributed by atoms with Gasteiger partial charge in [-0.3, -0.25) is 4.99 Å². The lowest BCUT2D eigenvalue weighted by atomic mass is 10.3. The SMILES string of the molecule is CN=C(N)NCCC1CC1. The van der Waals surface area contributed by atoms with Gasteiger partial charge in [-0.1, -0.05) is 12.8 Å². The molecule has 0 saturated heterocycles. The van der Waals surface area contributed by atoms with Crippen LogP contribution in [0, 0.1) is 5.92 Å². The van der Waals surface area contributed by atoms with E-state index in [2.05, 4.69) is 10.3 Å². The van der Waals surface area contributed by atoms with E-state index in [9.17, 15) is 0 Å². The zero-order valence-electron chi connectivity index (χ0n) is 6.43. The molecule has 0 aliphatic heterocycles. The molecule has 0 aromatic rings. The van der Waals surface area contributed by atoms with Crippen LogP contribution in [0.1, 0.15) is 19.3 Å². The van der Waals surface area contributed by atoms with E-state index in [0.717, 1.165) is 12.5 Å². The molecule has 3 nitrogen and oxygen atoms in total. The summed E-state index contributed by atoms with van der Waals surface area (Å²) in [4.78, 5) is 3.79. The van der Waals surface area contributed by atoms with E-state index in [-0.39, 0.29) is 0 Å². The average Bonchev–Trinajstić information content (AvgIpc) is 2.71. The maximum atomic E-state index is 5.42. The summed E-state index contributed by atoms with van der Waals surface area (Å²) < 4.78 is 0. The Morgan fingerprint density at radius 1 is 1.70 bits per heavy atom. The smallest absolute Gasteiger partial charge is 0.188 e. The van der Waals surface area contributed by atoms with Crippen LogP contribution in [0.3, 0.4) is 0 Å². The van der Waals surface area contributed by atoms with Crippen molar-refractivity contribution < 1.29 is 0 Å². The maximum absolute atomic E-state index is 5.42. The molecule has 1 aliphatic rings. The molecule has 0 aromatic carbocycles. The molecule has 0 spiro atoms. The summed E-state index contributed by atoms with van der Waals surface area (Å²) >= 11 is 0. The minimum Gasteiger partial charge on any atom is -0.370 e. The fourth-order valence-corrected chi connectivity index (χ4v) is 0.890. The highest BCUT2D eigenvalue weighted by Crippen LogP contribution is 2.31. The van der Waals surface area contributed by atoms with Gasteiger partial charge in [-0.25, -0.2) is 0 Å². The van der Waals surface area contributed by atoms with E-state index < -0.39 is 0 Å². The van der Waals surface area contributed by atoms with Crippen molar-refractivity contribution in [2.24, 2.45) is 16.6 Å². The first-order chi connectivity index (χ1) is 4.83. The Bertz CT molecular complexity index is 127. The highest BCUT2D eigenvalue weighted by Gasteiger charge is 2.19. The molecule has 10 heavy (non-hydrogen) atoms. The summed E-state index contributed by atoms with van der Waals surface area (Å²) in [7, 11) is 1.69. The summed E-state index contributed by atoms with van der Waals surface area (Å²) in [6.07, 6.45) is 4.06. The Labute approximate surface area is 61.7 Å². The number of guanidine groups is 1. The van der Waals surface area contributed by atoms with Gasteiger partial charge in [0.05, 0.1) is 0 Å². The molecule has 1 fully saturated rings. The van der Waals surface area contributed by atoms with Crippen LogP contribution in [0.25, 0.3) is 0 Å². The second-order valence-electron chi connectivity index (χ2n) is 2.77. The molecule has 0 bridgehead atoms. The van der Waals surface area contributed by atoms with Crippen molar-refractivity contribution in [1.82, 2.24) is 5.32 Å². The van der Waals surface area contributed by atoms with E-state index in [1.165, 1.54) is 19.3 Å². The molecule has 58 valence electrons. The highest BCUT2D eigenvalue weighted by molar-refractivity contribution is 5.77. The normalized spacial score (nSPS) is 19.1. The number of hydrogen-bond acceptors (Lipinski definition) is 1. The van der Waals surface area contributed by atoms with Crippen LogP contribution >= 0.6 is 0 Å². The number of nitrogens with zero attached hydrogens (tertiary/aromatic N) is 1. The minimum atomic E-state index is 0.556. The van der Waals surface area contributed by atoms with Crippen LogP contribution in [0.15, 0.2) is 4.99 Å². The van der Waals surface area contributed by atoms with Crippen molar-refractivity contribution in [3.05, 3.63) is 0 Å². The molecule has 0 atom stereocenters. The van der Waals surface area contributed by atoms with Gasteiger partial charge in [-0.05, 0) is 12.3 Å². The Morgan fingerprint density at radius 3 is 2.90 bits per heavy atom. The number of nitrogens with one attached hydrogen (secondary N) is 1. The van der Waals surface area contributed by atoms with Crippen LogP contribution in [0.5, 0.6) is 0 Å². The third-order valence-electron chi connectivity index (χ3n) is 1.80. The van der Waals surface area contributed by atoms with Gasteiger partial charge in [0.15, 0.2) is 5.96 Å². The van der Waals surface area contributed by atoms with Gasteiger partial charge in [0.2, 0.25) is 0 Å². The fourth-order valence-electron chi connectivity index (χ4n) is 0.890. The quantitative estimate of drug-likeness (QED) is 0.439. The van der Waals surface area contributed by atoms with Crippen molar-refractivity contribution in [1.29, 1.82) is 0 Å². The van der Waals surface area contributed by atoms with E-state index >= 15 is 0 Å². The first-order valence-corrected chi connectivity index (χ1v) is 3.79. The van der Waals surface area contributed by atoms with Gasteiger partial charge < -0.3 is 11.1 Å². The predicted octanol–water partition coefficient (Wildman–Crippen LogP) is 0.321. The molecule has 0 heterocycles. The Kier molecular flexibility index (Phi) is 2.54. The summed E-state index contributed by atoms with van der Waals surface area (Å²) in [6, 6.07) is 0.